The molecule has 0 spiro atoms. The average molecular weight is 505 g/mol. The average Bonchev–Trinajstić information content (AvgIpc) is 3.39. The fraction of sp³-hybridized carbons (Fsp3) is 0.480. The minimum atomic E-state index is -0.990. The second-order valence-corrected chi connectivity index (χ2v) is 9.67. The van der Waals surface area contributed by atoms with Gasteiger partial charge in [-0.25, -0.2) is 8.78 Å². The predicted molar refractivity (Wildman–Crippen MR) is 126 cm³/mol. The Kier molecular flexibility index (Phi) is 7.70. The Labute approximate surface area is 207 Å². The Bertz CT molecular complexity index is 1120. The highest BCUT2D eigenvalue weighted by atomic mass is 19.1. The normalized spacial score (nSPS) is 19.2. The van der Waals surface area contributed by atoms with Crippen LogP contribution in [0.4, 0.5) is 14.6 Å². The smallest absolute Gasteiger partial charge is 0.251 e. The van der Waals surface area contributed by atoms with Gasteiger partial charge in [-0.05, 0) is 45.2 Å². The number of halogens is 2. The molecule has 1 fully saturated rings. The second-order valence-electron chi connectivity index (χ2n) is 9.67. The molecule has 3 heterocycles. The van der Waals surface area contributed by atoms with Crippen LogP contribution in [0.1, 0.15) is 39.5 Å². The molecule has 1 saturated heterocycles. The van der Waals surface area contributed by atoms with Crippen molar-refractivity contribution in [1.29, 1.82) is 0 Å². The molecule has 2 aromatic rings. The van der Waals surface area contributed by atoms with Gasteiger partial charge in [-0.2, -0.15) is 5.10 Å². The van der Waals surface area contributed by atoms with Gasteiger partial charge in [-0.1, -0.05) is 6.07 Å². The lowest BCUT2D eigenvalue weighted by atomic mass is 10.00. The van der Waals surface area contributed by atoms with E-state index in [4.69, 9.17) is 9.47 Å². The number of nitrogens with zero attached hydrogens (tertiary/aromatic N) is 3. The van der Waals surface area contributed by atoms with E-state index in [0.717, 1.165) is 37.5 Å². The summed E-state index contributed by atoms with van der Waals surface area (Å²) in [5, 5.41) is 17.0. The molecule has 1 unspecified atom stereocenters. The van der Waals surface area contributed by atoms with Gasteiger partial charge in [0.05, 0.1) is 24.8 Å². The van der Waals surface area contributed by atoms with Gasteiger partial charge in [0, 0.05) is 31.4 Å². The third-order valence-electron chi connectivity index (χ3n) is 5.93. The Morgan fingerprint density at radius 2 is 2.06 bits per heavy atom. The molecular weight excluding hydrogens is 474 g/mol. The zero-order valence-electron chi connectivity index (χ0n) is 20.2. The van der Waals surface area contributed by atoms with Gasteiger partial charge in [-0.15, -0.1) is 0 Å². The molecule has 9 nitrogen and oxygen atoms in total. The van der Waals surface area contributed by atoms with E-state index in [-0.39, 0.29) is 37.2 Å². The molecule has 0 saturated carbocycles. The second kappa shape index (κ2) is 10.8. The highest BCUT2D eigenvalue weighted by Gasteiger charge is 2.37. The summed E-state index contributed by atoms with van der Waals surface area (Å²) >= 11 is 0. The third-order valence-corrected chi connectivity index (χ3v) is 5.93. The number of aliphatic hydroxyl groups is 1. The van der Waals surface area contributed by atoms with E-state index < -0.39 is 40.8 Å². The van der Waals surface area contributed by atoms with E-state index in [9.17, 15) is 23.5 Å². The third kappa shape index (κ3) is 6.46. The summed E-state index contributed by atoms with van der Waals surface area (Å²) in [5.74, 6) is -3.08. The molecule has 2 amide bonds. The lowest BCUT2D eigenvalue weighted by Gasteiger charge is -2.31. The molecule has 0 aliphatic carbocycles. The number of hydrogen-bond donors (Lipinski definition) is 2. The zero-order chi connectivity index (χ0) is 25.9. The van der Waals surface area contributed by atoms with Gasteiger partial charge < -0.3 is 24.8 Å². The van der Waals surface area contributed by atoms with Crippen LogP contribution in [0.3, 0.4) is 0 Å². The minimum Gasteiger partial charge on any atom is -0.453 e. The first kappa shape index (κ1) is 25.8. The van der Waals surface area contributed by atoms with Crippen molar-refractivity contribution in [1.82, 2.24) is 14.7 Å². The van der Waals surface area contributed by atoms with Crippen LogP contribution in [0.15, 0.2) is 42.3 Å². The summed E-state index contributed by atoms with van der Waals surface area (Å²) in [6.07, 6.45) is 5.43. The summed E-state index contributed by atoms with van der Waals surface area (Å²) in [6.45, 7) is 3.96. The summed E-state index contributed by atoms with van der Waals surface area (Å²) in [6, 6.07) is 3.99. The standard InChI is InChI=1S/C25H30F2N4O5/c1-25(2,34)15-30-10-9-21(29-30)28-24(33)20(12-16-6-3-4-11-35-16)31-14-17(13-22(31)32)36-23-18(26)7-5-8-19(23)27/h5,7-10,13,16,20,34H,3-4,6,11-12,14-15H2,1-2H3,(H,28,29,33)/t16?,20-/m0/s1. The van der Waals surface area contributed by atoms with Crippen LogP contribution in [0.25, 0.3) is 0 Å². The number of amides is 2. The van der Waals surface area contributed by atoms with Crippen LogP contribution in [0.2, 0.25) is 0 Å². The van der Waals surface area contributed by atoms with Crippen LogP contribution in [0, 0.1) is 11.6 Å². The number of nitrogens with one attached hydrogen (secondary N) is 1. The number of anilines is 1. The SMILES string of the molecule is CC(C)(O)Cn1ccc(NC(=O)[C@H](CC2CCCCO2)N2CC(Oc3c(F)cccc3F)=CC2=O)n1. The quantitative estimate of drug-likeness (QED) is 0.544. The molecule has 2 atom stereocenters. The molecule has 0 radical (unpaired) electrons. The molecule has 194 valence electrons. The van der Waals surface area contributed by atoms with Gasteiger partial charge in [0.2, 0.25) is 5.91 Å². The fourth-order valence-electron chi connectivity index (χ4n) is 4.29. The van der Waals surface area contributed by atoms with Crippen LogP contribution in [0.5, 0.6) is 5.75 Å². The van der Waals surface area contributed by atoms with Gasteiger partial charge in [-0.3, -0.25) is 14.3 Å². The van der Waals surface area contributed by atoms with Crippen LogP contribution >= 0.6 is 0 Å². The molecule has 2 N–H and O–H groups in total. The monoisotopic (exact) mass is 504 g/mol. The number of carbonyl (C=O) groups is 2. The Morgan fingerprint density at radius 3 is 2.72 bits per heavy atom. The molecular formula is C25H30F2N4O5. The Hall–Kier alpha value is -3.31. The Morgan fingerprint density at radius 1 is 1.31 bits per heavy atom. The lowest BCUT2D eigenvalue weighted by molar-refractivity contribution is -0.135. The molecule has 2 aliphatic heterocycles. The Balaban J connectivity index is 1.49. The summed E-state index contributed by atoms with van der Waals surface area (Å²) < 4.78 is 40.8. The highest BCUT2D eigenvalue weighted by Crippen LogP contribution is 2.28. The van der Waals surface area contributed by atoms with Crippen molar-refractivity contribution >= 4 is 17.6 Å². The molecule has 36 heavy (non-hydrogen) atoms. The van der Waals surface area contributed by atoms with Crippen LogP contribution in [-0.2, 0) is 20.9 Å². The number of hydrogen-bond acceptors (Lipinski definition) is 6. The first-order valence-corrected chi connectivity index (χ1v) is 11.9. The van der Waals surface area contributed by atoms with E-state index in [0.29, 0.717) is 6.61 Å². The van der Waals surface area contributed by atoms with Crippen molar-refractivity contribution < 1.29 is 33.0 Å². The van der Waals surface area contributed by atoms with Gasteiger partial charge in [0.1, 0.15) is 11.8 Å². The first-order valence-electron chi connectivity index (χ1n) is 11.9. The molecule has 2 aliphatic rings. The molecule has 1 aromatic heterocycles. The van der Waals surface area contributed by atoms with Gasteiger partial charge in [0.25, 0.3) is 5.91 Å². The summed E-state index contributed by atoms with van der Waals surface area (Å²) in [4.78, 5) is 27.5. The first-order chi connectivity index (χ1) is 17.1. The van der Waals surface area contributed by atoms with E-state index in [2.05, 4.69) is 10.4 Å². The topological polar surface area (TPSA) is 106 Å². The van der Waals surface area contributed by atoms with E-state index >= 15 is 0 Å². The molecule has 0 bridgehead atoms. The summed E-state index contributed by atoms with van der Waals surface area (Å²) in [5.41, 5.74) is -0.990. The number of carbonyl (C=O) groups excluding carboxylic acids is 2. The number of aromatic nitrogens is 2. The summed E-state index contributed by atoms with van der Waals surface area (Å²) in [7, 11) is 0. The number of benzene rings is 1. The molecule has 4 rings (SSSR count). The number of ether oxygens (including phenoxy) is 2. The van der Waals surface area contributed by atoms with Crippen molar-refractivity contribution in [2.75, 3.05) is 18.5 Å². The largest absolute Gasteiger partial charge is 0.453 e. The van der Waals surface area contributed by atoms with Crippen LogP contribution < -0.4 is 10.1 Å². The van der Waals surface area contributed by atoms with Crippen molar-refractivity contribution in [2.45, 2.75) is 63.8 Å². The zero-order valence-corrected chi connectivity index (χ0v) is 20.2. The van der Waals surface area contributed by atoms with E-state index in [1.807, 2.05) is 0 Å². The van der Waals surface area contributed by atoms with Crippen molar-refractivity contribution in [3.8, 4) is 5.75 Å². The van der Waals surface area contributed by atoms with Gasteiger partial charge in [0.15, 0.2) is 23.2 Å². The van der Waals surface area contributed by atoms with Gasteiger partial charge >= 0.3 is 0 Å². The fourth-order valence-corrected chi connectivity index (χ4v) is 4.29. The predicted octanol–water partition coefficient (Wildman–Crippen LogP) is 3.00. The molecule has 11 heteroatoms. The van der Waals surface area contributed by atoms with E-state index in [1.54, 1.807) is 26.1 Å². The maximum absolute atomic E-state index is 14.0. The maximum Gasteiger partial charge on any atom is 0.251 e. The van der Waals surface area contributed by atoms with Crippen molar-refractivity contribution in [3.05, 3.63) is 53.9 Å². The van der Waals surface area contributed by atoms with E-state index in [1.165, 1.54) is 15.6 Å². The highest BCUT2D eigenvalue weighted by molar-refractivity contribution is 5.99. The van der Waals surface area contributed by atoms with Crippen molar-refractivity contribution in [2.24, 2.45) is 0 Å². The minimum absolute atomic E-state index is 0.0285. The molecule has 1 aromatic carbocycles. The number of para-hydroxylation sites is 1. The van der Waals surface area contributed by atoms with Crippen LogP contribution in [-0.4, -0.2) is 62.5 Å². The lowest BCUT2D eigenvalue weighted by Crippen LogP contribution is -2.48. The number of rotatable bonds is 9. The van der Waals surface area contributed by atoms with Crippen molar-refractivity contribution in [3.63, 3.8) is 0 Å². The maximum atomic E-state index is 14.0.